The first-order valence-electron chi connectivity index (χ1n) is 4.94. The van der Waals surface area contributed by atoms with Crippen LogP contribution in [-0.4, -0.2) is 11.1 Å². The fraction of sp³-hybridized carbons (Fsp3) is 0.545. The molecule has 1 aliphatic rings. The molecule has 1 aromatic rings. The van der Waals surface area contributed by atoms with E-state index >= 15 is 0 Å². The van der Waals surface area contributed by atoms with Gasteiger partial charge in [-0.1, -0.05) is 13.0 Å². The molecule has 1 saturated carbocycles. The molecule has 1 fully saturated rings. The minimum Gasteiger partial charge on any atom is -0.481 e. The number of rotatable bonds is 4. The molecule has 14 heavy (non-hydrogen) atoms. The van der Waals surface area contributed by atoms with Gasteiger partial charge in [0, 0.05) is 4.88 Å². The van der Waals surface area contributed by atoms with Crippen molar-refractivity contribution in [2.75, 3.05) is 0 Å². The van der Waals surface area contributed by atoms with Crippen molar-refractivity contribution in [3.63, 3.8) is 0 Å². The summed E-state index contributed by atoms with van der Waals surface area (Å²) in [7, 11) is 0. The molecule has 0 spiro atoms. The normalized spacial score (nSPS) is 27.2. The summed E-state index contributed by atoms with van der Waals surface area (Å²) >= 11 is 1.76. The molecular weight excluding hydrogens is 196 g/mol. The monoisotopic (exact) mass is 210 g/mol. The van der Waals surface area contributed by atoms with Crippen molar-refractivity contribution in [1.29, 1.82) is 0 Å². The second kappa shape index (κ2) is 3.73. The zero-order valence-corrected chi connectivity index (χ0v) is 8.96. The van der Waals surface area contributed by atoms with Gasteiger partial charge in [0.15, 0.2) is 0 Å². The highest BCUT2D eigenvalue weighted by molar-refractivity contribution is 7.10. The van der Waals surface area contributed by atoms with Gasteiger partial charge in [0.05, 0.1) is 5.92 Å². The van der Waals surface area contributed by atoms with Crippen LogP contribution in [0.25, 0.3) is 0 Å². The molecular formula is C11H14O2S. The summed E-state index contributed by atoms with van der Waals surface area (Å²) in [5.41, 5.74) is 0. The van der Waals surface area contributed by atoms with Gasteiger partial charge in [-0.05, 0) is 36.1 Å². The molecule has 0 amide bonds. The Kier molecular flexibility index (Phi) is 2.59. The Morgan fingerprint density at radius 2 is 2.57 bits per heavy atom. The minimum atomic E-state index is -0.617. The molecule has 2 nitrogen and oxygen atoms in total. The lowest BCUT2D eigenvalue weighted by atomic mass is 10.0. The van der Waals surface area contributed by atoms with Gasteiger partial charge in [-0.2, -0.15) is 0 Å². The van der Waals surface area contributed by atoms with E-state index in [1.807, 2.05) is 0 Å². The van der Waals surface area contributed by atoms with Crippen LogP contribution in [-0.2, 0) is 4.79 Å². The summed E-state index contributed by atoms with van der Waals surface area (Å²) in [6.07, 6.45) is 1.91. The van der Waals surface area contributed by atoms with Crippen LogP contribution in [0.4, 0.5) is 0 Å². The number of thiophene rings is 1. The maximum absolute atomic E-state index is 10.6. The molecule has 3 unspecified atom stereocenters. The van der Waals surface area contributed by atoms with E-state index in [0.29, 0.717) is 11.8 Å². The van der Waals surface area contributed by atoms with Gasteiger partial charge in [0.25, 0.3) is 0 Å². The van der Waals surface area contributed by atoms with E-state index < -0.39 is 5.97 Å². The summed E-state index contributed by atoms with van der Waals surface area (Å²) in [4.78, 5) is 12.0. The lowest BCUT2D eigenvalue weighted by Gasteiger charge is -2.07. The van der Waals surface area contributed by atoms with Gasteiger partial charge >= 0.3 is 5.97 Å². The standard InChI is InChI=1S/C11H14O2S/c1-7(10-3-2-4-14-10)5-8-6-9(8)11(12)13/h2-4,7-9H,5-6H2,1H3,(H,12,13). The Hall–Kier alpha value is -0.830. The van der Waals surface area contributed by atoms with Gasteiger partial charge in [0.2, 0.25) is 0 Å². The van der Waals surface area contributed by atoms with E-state index in [1.165, 1.54) is 4.88 Å². The third-order valence-corrected chi connectivity index (χ3v) is 4.03. The lowest BCUT2D eigenvalue weighted by molar-refractivity contribution is -0.138. The van der Waals surface area contributed by atoms with Crippen LogP contribution < -0.4 is 0 Å². The average Bonchev–Trinajstić information content (AvgIpc) is 2.70. The van der Waals surface area contributed by atoms with E-state index in [2.05, 4.69) is 24.4 Å². The van der Waals surface area contributed by atoms with Gasteiger partial charge in [-0.25, -0.2) is 0 Å². The van der Waals surface area contributed by atoms with Crippen LogP contribution in [0.3, 0.4) is 0 Å². The number of carboxylic acid groups (broad SMARTS) is 1. The van der Waals surface area contributed by atoms with E-state index in [4.69, 9.17) is 5.11 Å². The maximum Gasteiger partial charge on any atom is 0.306 e. The van der Waals surface area contributed by atoms with Crippen molar-refractivity contribution >= 4 is 17.3 Å². The van der Waals surface area contributed by atoms with E-state index in [0.717, 1.165) is 12.8 Å². The number of aliphatic carboxylic acids is 1. The highest BCUT2D eigenvalue weighted by Gasteiger charge is 2.43. The summed E-state index contributed by atoms with van der Waals surface area (Å²) in [5, 5.41) is 10.8. The topological polar surface area (TPSA) is 37.3 Å². The molecule has 76 valence electrons. The minimum absolute atomic E-state index is 0.0580. The second-order valence-electron chi connectivity index (χ2n) is 4.09. The van der Waals surface area contributed by atoms with Crippen LogP contribution in [0.1, 0.15) is 30.6 Å². The van der Waals surface area contributed by atoms with Crippen molar-refractivity contribution < 1.29 is 9.90 Å². The molecule has 1 heterocycles. The first-order chi connectivity index (χ1) is 6.68. The molecule has 3 atom stereocenters. The Labute approximate surface area is 87.6 Å². The quantitative estimate of drug-likeness (QED) is 0.829. The molecule has 1 aromatic heterocycles. The zero-order chi connectivity index (χ0) is 10.1. The van der Waals surface area contributed by atoms with Gasteiger partial charge in [-0.15, -0.1) is 11.3 Å². The van der Waals surface area contributed by atoms with Crippen LogP contribution in [0, 0.1) is 11.8 Å². The first-order valence-corrected chi connectivity index (χ1v) is 5.82. The molecule has 0 saturated heterocycles. The van der Waals surface area contributed by atoms with Gasteiger partial charge in [0.1, 0.15) is 0 Å². The number of carboxylic acids is 1. The molecule has 0 aromatic carbocycles. The highest BCUT2D eigenvalue weighted by Crippen LogP contribution is 2.45. The predicted molar refractivity (Wildman–Crippen MR) is 56.6 cm³/mol. The predicted octanol–water partition coefficient (Wildman–Crippen LogP) is 2.96. The van der Waals surface area contributed by atoms with Crippen LogP contribution >= 0.6 is 11.3 Å². The fourth-order valence-corrected chi connectivity index (χ4v) is 2.75. The maximum atomic E-state index is 10.6. The Bertz CT molecular complexity index is 318. The third-order valence-electron chi connectivity index (χ3n) is 2.92. The Balaban J connectivity index is 1.85. The highest BCUT2D eigenvalue weighted by atomic mass is 32.1. The van der Waals surface area contributed by atoms with E-state index in [1.54, 1.807) is 11.3 Å². The SMILES string of the molecule is CC(CC1CC1C(=O)O)c1cccs1. The van der Waals surface area contributed by atoms with Crippen LogP contribution in [0.5, 0.6) is 0 Å². The molecule has 3 heteroatoms. The fourth-order valence-electron chi connectivity index (χ4n) is 1.95. The van der Waals surface area contributed by atoms with Crippen molar-refractivity contribution in [3.8, 4) is 0 Å². The molecule has 0 aliphatic heterocycles. The molecule has 1 N–H and O–H groups in total. The number of hydrogen-bond donors (Lipinski definition) is 1. The second-order valence-corrected chi connectivity index (χ2v) is 5.07. The van der Waals surface area contributed by atoms with Crippen molar-refractivity contribution in [3.05, 3.63) is 22.4 Å². The Morgan fingerprint density at radius 1 is 1.79 bits per heavy atom. The van der Waals surface area contributed by atoms with Crippen molar-refractivity contribution in [2.24, 2.45) is 11.8 Å². The van der Waals surface area contributed by atoms with Gasteiger partial charge in [-0.3, -0.25) is 4.79 Å². The molecule has 2 rings (SSSR count). The number of carbonyl (C=O) groups is 1. The Morgan fingerprint density at radius 3 is 3.07 bits per heavy atom. The molecule has 0 bridgehead atoms. The summed E-state index contributed by atoms with van der Waals surface area (Å²) in [6, 6.07) is 4.19. The van der Waals surface area contributed by atoms with Crippen LogP contribution in [0.2, 0.25) is 0 Å². The van der Waals surface area contributed by atoms with E-state index in [9.17, 15) is 4.79 Å². The largest absolute Gasteiger partial charge is 0.481 e. The zero-order valence-electron chi connectivity index (χ0n) is 8.14. The third kappa shape index (κ3) is 1.98. The summed E-state index contributed by atoms with van der Waals surface area (Å²) in [5.74, 6) is 0.264. The van der Waals surface area contributed by atoms with Crippen molar-refractivity contribution in [1.82, 2.24) is 0 Å². The molecule has 0 radical (unpaired) electrons. The number of hydrogen-bond acceptors (Lipinski definition) is 2. The average molecular weight is 210 g/mol. The van der Waals surface area contributed by atoms with Crippen molar-refractivity contribution in [2.45, 2.75) is 25.7 Å². The summed E-state index contributed by atoms with van der Waals surface area (Å²) < 4.78 is 0. The lowest BCUT2D eigenvalue weighted by Crippen LogP contribution is -2.01. The van der Waals surface area contributed by atoms with Crippen LogP contribution in [0.15, 0.2) is 17.5 Å². The first kappa shape index (κ1) is 9.71. The summed E-state index contributed by atoms with van der Waals surface area (Å²) in [6.45, 7) is 2.18. The molecule has 1 aliphatic carbocycles. The van der Waals surface area contributed by atoms with E-state index in [-0.39, 0.29) is 5.92 Å². The smallest absolute Gasteiger partial charge is 0.306 e. The van der Waals surface area contributed by atoms with Gasteiger partial charge < -0.3 is 5.11 Å².